The standard InChI is InChI=1S/C21H27N5O5S/c1-3-30-14-8-6-13(7-9-14)26(12(2)20(28)24-11-15-5-4-10-31-15)21(29)18-16(22)17(19(23)27)25-32-18/h6-9,12,15H,3-5,10-11,22H2,1-2H3,(H2,23,27)(H,24,28)/t12-,15-/m0/s1. The van der Waals surface area contributed by atoms with Crippen molar-refractivity contribution in [3.8, 4) is 5.75 Å². The molecular formula is C21H27N5O5S. The van der Waals surface area contributed by atoms with Gasteiger partial charge in [0.2, 0.25) is 5.91 Å². The van der Waals surface area contributed by atoms with Gasteiger partial charge in [0.1, 0.15) is 16.7 Å². The van der Waals surface area contributed by atoms with Crippen LogP contribution in [-0.2, 0) is 9.53 Å². The predicted molar refractivity (Wildman–Crippen MR) is 121 cm³/mol. The number of hydrogen-bond acceptors (Lipinski definition) is 8. The Morgan fingerprint density at radius 2 is 2.06 bits per heavy atom. The average molecular weight is 462 g/mol. The number of nitrogens with two attached hydrogens (primary N) is 2. The summed E-state index contributed by atoms with van der Waals surface area (Å²) in [4.78, 5) is 39.2. The van der Waals surface area contributed by atoms with Gasteiger partial charge < -0.3 is 26.3 Å². The SMILES string of the molecule is CCOc1ccc(N(C(=O)c2snc(C(N)=O)c2N)[C@@H](C)C(=O)NC[C@@H]2CCCO2)cc1. The average Bonchev–Trinajstić information content (AvgIpc) is 3.43. The predicted octanol–water partition coefficient (Wildman–Crippen LogP) is 1.55. The van der Waals surface area contributed by atoms with Crippen molar-refractivity contribution in [1.82, 2.24) is 9.69 Å². The second kappa shape index (κ2) is 10.4. The number of nitrogens with zero attached hydrogens (tertiary/aromatic N) is 2. The molecule has 10 nitrogen and oxygen atoms in total. The van der Waals surface area contributed by atoms with E-state index in [0.29, 0.717) is 31.2 Å². The summed E-state index contributed by atoms with van der Waals surface area (Å²) in [6.45, 7) is 5.03. The van der Waals surface area contributed by atoms with E-state index in [0.717, 1.165) is 24.4 Å². The minimum atomic E-state index is -0.875. The first-order valence-corrected chi connectivity index (χ1v) is 11.1. The third kappa shape index (κ3) is 5.17. The van der Waals surface area contributed by atoms with Crippen LogP contribution in [0.2, 0.25) is 0 Å². The highest BCUT2D eigenvalue weighted by Crippen LogP contribution is 2.28. The second-order valence-electron chi connectivity index (χ2n) is 7.30. The summed E-state index contributed by atoms with van der Waals surface area (Å²) in [7, 11) is 0. The summed E-state index contributed by atoms with van der Waals surface area (Å²) < 4.78 is 14.9. The van der Waals surface area contributed by atoms with Gasteiger partial charge in [0.25, 0.3) is 11.8 Å². The molecule has 0 aliphatic carbocycles. The van der Waals surface area contributed by atoms with Crippen LogP contribution in [0, 0.1) is 0 Å². The van der Waals surface area contributed by atoms with E-state index >= 15 is 0 Å². The van der Waals surface area contributed by atoms with E-state index in [1.165, 1.54) is 4.90 Å². The van der Waals surface area contributed by atoms with Crippen LogP contribution in [-0.4, -0.2) is 54.0 Å². The van der Waals surface area contributed by atoms with E-state index < -0.39 is 17.9 Å². The fourth-order valence-electron chi connectivity index (χ4n) is 3.41. The zero-order valence-electron chi connectivity index (χ0n) is 18.0. The molecule has 0 unspecified atom stereocenters. The Morgan fingerprint density at radius 1 is 1.34 bits per heavy atom. The van der Waals surface area contributed by atoms with Crippen LogP contribution in [0.3, 0.4) is 0 Å². The van der Waals surface area contributed by atoms with Crippen LogP contribution in [0.25, 0.3) is 0 Å². The number of carbonyl (C=O) groups is 3. The van der Waals surface area contributed by atoms with Crippen molar-refractivity contribution >= 4 is 40.6 Å². The number of amides is 3. The Balaban J connectivity index is 1.88. The largest absolute Gasteiger partial charge is 0.494 e. The number of hydrogen-bond donors (Lipinski definition) is 3. The molecule has 1 saturated heterocycles. The quantitative estimate of drug-likeness (QED) is 0.513. The number of benzene rings is 1. The zero-order chi connectivity index (χ0) is 23.3. The van der Waals surface area contributed by atoms with Gasteiger partial charge in [-0.1, -0.05) is 0 Å². The smallest absolute Gasteiger partial charge is 0.272 e. The summed E-state index contributed by atoms with van der Waals surface area (Å²) >= 11 is 0.766. The lowest BCUT2D eigenvalue weighted by atomic mass is 10.1. The minimum absolute atomic E-state index is 0.0314. The molecule has 1 fully saturated rings. The first kappa shape index (κ1) is 23.5. The van der Waals surface area contributed by atoms with Gasteiger partial charge in [0.05, 0.1) is 18.4 Å². The molecule has 2 aromatic rings. The monoisotopic (exact) mass is 461 g/mol. The molecule has 1 aliphatic heterocycles. The van der Waals surface area contributed by atoms with Crippen molar-refractivity contribution in [3.05, 3.63) is 34.8 Å². The number of nitrogen functional groups attached to an aromatic ring is 1. The van der Waals surface area contributed by atoms with Gasteiger partial charge in [-0.3, -0.25) is 19.3 Å². The summed E-state index contributed by atoms with van der Waals surface area (Å²) in [5, 5.41) is 2.85. The van der Waals surface area contributed by atoms with Gasteiger partial charge in [-0.05, 0) is 62.5 Å². The number of ether oxygens (including phenoxy) is 2. The minimum Gasteiger partial charge on any atom is -0.494 e. The van der Waals surface area contributed by atoms with Crippen molar-refractivity contribution < 1.29 is 23.9 Å². The van der Waals surface area contributed by atoms with Gasteiger partial charge in [-0.15, -0.1) is 0 Å². The Kier molecular flexibility index (Phi) is 7.65. The van der Waals surface area contributed by atoms with E-state index in [1.807, 2.05) is 6.92 Å². The Hall–Kier alpha value is -3.18. The highest BCUT2D eigenvalue weighted by molar-refractivity contribution is 7.09. The van der Waals surface area contributed by atoms with Crippen molar-refractivity contribution in [2.75, 3.05) is 30.4 Å². The van der Waals surface area contributed by atoms with Gasteiger partial charge in [-0.2, -0.15) is 4.37 Å². The normalized spacial score (nSPS) is 16.4. The molecular weight excluding hydrogens is 434 g/mol. The van der Waals surface area contributed by atoms with Crippen molar-refractivity contribution in [2.45, 2.75) is 38.8 Å². The second-order valence-corrected chi connectivity index (χ2v) is 8.07. The molecule has 5 N–H and O–H groups in total. The van der Waals surface area contributed by atoms with Gasteiger partial charge >= 0.3 is 0 Å². The highest BCUT2D eigenvalue weighted by Gasteiger charge is 2.32. The molecule has 3 amide bonds. The first-order chi connectivity index (χ1) is 15.3. The number of primary amides is 1. The van der Waals surface area contributed by atoms with E-state index in [-0.39, 0.29) is 28.3 Å². The number of anilines is 2. The molecule has 0 bridgehead atoms. The van der Waals surface area contributed by atoms with Crippen molar-refractivity contribution in [1.29, 1.82) is 0 Å². The molecule has 3 rings (SSSR count). The molecule has 172 valence electrons. The molecule has 2 atom stereocenters. The summed E-state index contributed by atoms with van der Waals surface area (Å²) in [6, 6.07) is 5.90. The Morgan fingerprint density at radius 3 is 2.62 bits per heavy atom. The van der Waals surface area contributed by atoms with Crippen LogP contribution in [0.4, 0.5) is 11.4 Å². The summed E-state index contributed by atoms with van der Waals surface area (Å²) in [6.07, 6.45) is 1.81. The number of rotatable bonds is 9. The molecule has 0 saturated carbocycles. The molecule has 1 aromatic heterocycles. The Labute approximate surface area is 190 Å². The maximum atomic E-state index is 13.4. The van der Waals surface area contributed by atoms with Crippen LogP contribution in [0.1, 0.15) is 46.8 Å². The number of aromatic nitrogens is 1. The third-order valence-electron chi connectivity index (χ3n) is 5.09. The van der Waals surface area contributed by atoms with Crippen LogP contribution < -0.4 is 26.4 Å². The maximum absolute atomic E-state index is 13.4. The Bertz CT molecular complexity index is 971. The lowest BCUT2D eigenvalue weighted by molar-refractivity contribution is -0.122. The highest BCUT2D eigenvalue weighted by atomic mass is 32.1. The molecule has 11 heteroatoms. The van der Waals surface area contributed by atoms with Gasteiger partial charge in [-0.25, -0.2) is 0 Å². The van der Waals surface area contributed by atoms with E-state index in [9.17, 15) is 14.4 Å². The fourth-order valence-corrected chi connectivity index (χ4v) is 4.15. The molecule has 1 aromatic carbocycles. The maximum Gasteiger partial charge on any atom is 0.272 e. The number of carbonyl (C=O) groups excluding carboxylic acids is 3. The fraction of sp³-hybridized carbons (Fsp3) is 0.429. The van der Waals surface area contributed by atoms with Crippen molar-refractivity contribution in [3.63, 3.8) is 0 Å². The summed E-state index contributed by atoms with van der Waals surface area (Å²) in [5.74, 6) is -1.10. The molecule has 0 spiro atoms. The third-order valence-corrected chi connectivity index (χ3v) is 5.95. The summed E-state index contributed by atoms with van der Waals surface area (Å²) in [5.41, 5.74) is 11.4. The van der Waals surface area contributed by atoms with Gasteiger partial charge in [0.15, 0.2) is 5.69 Å². The molecule has 2 heterocycles. The van der Waals surface area contributed by atoms with E-state index in [4.69, 9.17) is 20.9 Å². The lowest BCUT2D eigenvalue weighted by Gasteiger charge is -2.28. The molecule has 1 aliphatic rings. The van der Waals surface area contributed by atoms with Crippen LogP contribution in [0.5, 0.6) is 5.75 Å². The molecule has 0 radical (unpaired) electrons. The number of nitrogens with one attached hydrogen (secondary N) is 1. The van der Waals surface area contributed by atoms with E-state index in [1.54, 1.807) is 31.2 Å². The van der Waals surface area contributed by atoms with E-state index in [2.05, 4.69) is 9.69 Å². The zero-order valence-corrected chi connectivity index (χ0v) is 18.8. The van der Waals surface area contributed by atoms with Gasteiger partial charge in [0, 0.05) is 18.8 Å². The first-order valence-electron chi connectivity index (χ1n) is 10.3. The topological polar surface area (TPSA) is 150 Å². The lowest BCUT2D eigenvalue weighted by Crippen LogP contribution is -2.49. The van der Waals surface area contributed by atoms with Crippen LogP contribution >= 0.6 is 11.5 Å². The van der Waals surface area contributed by atoms with Crippen molar-refractivity contribution in [2.24, 2.45) is 5.73 Å². The van der Waals surface area contributed by atoms with Crippen LogP contribution in [0.15, 0.2) is 24.3 Å². The molecule has 32 heavy (non-hydrogen) atoms.